The van der Waals surface area contributed by atoms with Gasteiger partial charge in [0.25, 0.3) is 11.8 Å². The molecule has 6 nitrogen and oxygen atoms in total. The minimum atomic E-state index is -3.49. The lowest BCUT2D eigenvalue weighted by atomic mass is 9.43. The maximum Gasteiger partial charge on any atom is 0.302 e. The summed E-state index contributed by atoms with van der Waals surface area (Å²) in [6.07, 6.45) is 2.99. The lowest BCUT2D eigenvalue weighted by molar-refractivity contribution is -0.295. The van der Waals surface area contributed by atoms with Gasteiger partial charge in [-0.2, -0.15) is 0 Å². The first-order valence-corrected chi connectivity index (χ1v) is 20.7. The van der Waals surface area contributed by atoms with Crippen molar-refractivity contribution >= 4 is 11.9 Å². The summed E-state index contributed by atoms with van der Waals surface area (Å²) in [5.74, 6) is -8.46. The van der Waals surface area contributed by atoms with Crippen LogP contribution in [0.1, 0.15) is 144 Å². The van der Waals surface area contributed by atoms with Crippen LogP contribution in [-0.2, 0) is 19.1 Å². The summed E-state index contributed by atoms with van der Waals surface area (Å²) >= 11 is 0. The van der Waals surface area contributed by atoms with Gasteiger partial charge in [-0.15, -0.1) is 0 Å². The standard InChI is InChI=1S/C23H33F3O4.C19H29F3O2/c1-13(27)29-15-7-10-21(4)18-8-9-20(3)17(5-6-19(20)30-14(2)28)16(18)12-23(25,26)22(21,24)11-15;1-16-7-6-14-12(13(16)3-4-15(16)24)10-19(21,22)18(20)9-11(23)5-8-17(14,18)2/h15-19H,5-12H2,1-4H3;11-15,23-24H,3-10H2,1-2H3/t15-,16+,17?,18?,19+,20+,21-,22-;11-,12+,13?,14?,15+,16+,17-,18-/m11/s1. The van der Waals surface area contributed by atoms with Crippen molar-refractivity contribution in [2.75, 3.05) is 0 Å². The minimum absolute atomic E-state index is 0.000886. The van der Waals surface area contributed by atoms with E-state index in [4.69, 9.17) is 9.47 Å². The van der Waals surface area contributed by atoms with Crippen molar-refractivity contribution < 1.29 is 55.6 Å². The van der Waals surface area contributed by atoms with Crippen LogP contribution >= 0.6 is 0 Å². The third kappa shape index (κ3) is 5.60. The van der Waals surface area contributed by atoms with Crippen molar-refractivity contribution in [1.82, 2.24) is 0 Å². The minimum Gasteiger partial charge on any atom is -0.462 e. The summed E-state index contributed by atoms with van der Waals surface area (Å²) in [6.45, 7) is 10.1. The number of aliphatic hydroxyl groups excluding tert-OH is 2. The van der Waals surface area contributed by atoms with Crippen molar-refractivity contribution in [3.8, 4) is 0 Å². The summed E-state index contributed by atoms with van der Waals surface area (Å²) in [5, 5.41) is 20.3. The number of hydrogen-bond donors (Lipinski definition) is 2. The van der Waals surface area contributed by atoms with E-state index >= 15 is 26.3 Å². The van der Waals surface area contributed by atoms with Gasteiger partial charge in [-0.1, -0.05) is 27.7 Å². The summed E-state index contributed by atoms with van der Waals surface area (Å²) < 4.78 is 104. The Morgan fingerprint density at radius 2 is 1.02 bits per heavy atom. The third-order valence-corrected chi connectivity index (χ3v) is 18.0. The molecule has 0 amide bonds. The molecule has 0 spiro atoms. The Balaban J connectivity index is 0.000000171. The lowest BCUT2D eigenvalue weighted by Gasteiger charge is -2.64. The fourth-order valence-corrected chi connectivity index (χ4v) is 15.0. The predicted octanol–water partition coefficient (Wildman–Crippen LogP) is 9.32. The SMILES string of the molecule is CC(=O)O[C@@H]1CC[C@]2(C)C3CC[C@@]4(C)C(CC[C@@H]4OC(C)=O)[C@@H]3CC(F)(F)[C@@]2(F)C1.C[C@]12CCC3[C@@H](CC(F)(F)[C@@]4(F)C[C@H](O)CC[C@]34C)C1CC[C@@H]2O. The first-order chi connectivity index (χ1) is 24.9. The van der Waals surface area contributed by atoms with E-state index < -0.39 is 84.0 Å². The summed E-state index contributed by atoms with van der Waals surface area (Å²) in [5.41, 5.74) is -8.14. The molecule has 4 unspecified atom stereocenters. The Labute approximate surface area is 316 Å². The number of carbonyl (C=O) groups excluding carboxylic acids is 2. The van der Waals surface area contributed by atoms with Crippen molar-refractivity contribution in [2.24, 2.45) is 57.2 Å². The number of alkyl halides is 6. The van der Waals surface area contributed by atoms with Crippen LogP contribution in [0.2, 0.25) is 0 Å². The molecular weight excluding hydrogens is 714 g/mol. The van der Waals surface area contributed by atoms with Crippen LogP contribution in [0.15, 0.2) is 0 Å². The second kappa shape index (κ2) is 13.0. The van der Waals surface area contributed by atoms with Crippen LogP contribution in [0.4, 0.5) is 26.3 Å². The van der Waals surface area contributed by atoms with Gasteiger partial charge >= 0.3 is 11.9 Å². The zero-order valence-electron chi connectivity index (χ0n) is 32.9. The number of halogens is 6. The molecule has 8 rings (SSSR count). The van der Waals surface area contributed by atoms with Gasteiger partial charge in [-0.05, 0) is 118 Å². The molecule has 0 heterocycles. The average Bonchev–Trinajstić information content (AvgIpc) is 3.55. The number of ether oxygens (including phenoxy) is 2. The van der Waals surface area contributed by atoms with Crippen LogP contribution in [0.25, 0.3) is 0 Å². The molecule has 8 saturated carbocycles. The monoisotopic (exact) mass is 776 g/mol. The fourth-order valence-electron chi connectivity index (χ4n) is 15.0. The summed E-state index contributed by atoms with van der Waals surface area (Å²) in [4.78, 5) is 22.9. The number of esters is 2. The molecule has 8 aliphatic rings. The predicted molar refractivity (Wildman–Crippen MR) is 188 cm³/mol. The van der Waals surface area contributed by atoms with E-state index in [1.54, 1.807) is 13.8 Å². The maximum atomic E-state index is 16.3. The van der Waals surface area contributed by atoms with Gasteiger partial charge in [0.05, 0.1) is 12.2 Å². The number of fused-ring (bicyclic) bond motifs is 10. The van der Waals surface area contributed by atoms with E-state index in [9.17, 15) is 19.8 Å². The smallest absolute Gasteiger partial charge is 0.302 e. The van der Waals surface area contributed by atoms with Crippen molar-refractivity contribution in [1.29, 1.82) is 0 Å². The van der Waals surface area contributed by atoms with Gasteiger partial charge in [0.1, 0.15) is 12.2 Å². The van der Waals surface area contributed by atoms with Crippen LogP contribution in [0.5, 0.6) is 0 Å². The largest absolute Gasteiger partial charge is 0.462 e. The molecule has 0 saturated heterocycles. The number of hydrogen-bond acceptors (Lipinski definition) is 6. The van der Waals surface area contributed by atoms with E-state index in [1.165, 1.54) is 13.8 Å². The highest BCUT2D eigenvalue weighted by atomic mass is 19.3. The highest BCUT2D eigenvalue weighted by Crippen LogP contribution is 2.73. The second-order valence-electron chi connectivity index (χ2n) is 20.2. The van der Waals surface area contributed by atoms with E-state index in [-0.39, 0.29) is 64.8 Å². The van der Waals surface area contributed by atoms with Crippen molar-refractivity contribution in [3.05, 3.63) is 0 Å². The number of carbonyl (C=O) groups is 2. The third-order valence-electron chi connectivity index (χ3n) is 18.0. The van der Waals surface area contributed by atoms with E-state index in [2.05, 4.69) is 6.92 Å². The van der Waals surface area contributed by atoms with Crippen LogP contribution < -0.4 is 0 Å². The first-order valence-electron chi connectivity index (χ1n) is 20.7. The molecule has 0 bridgehead atoms. The number of aliphatic hydroxyl groups is 2. The van der Waals surface area contributed by atoms with Gasteiger partial charge in [-0.3, -0.25) is 9.59 Å². The molecule has 8 fully saturated rings. The Bertz CT molecular complexity index is 1500. The molecule has 2 N–H and O–H groups in total. The fraction of sp³-hybridized carbons (Fsp3) is 0.952. The second-order valence-corrected chi connectivity index (χ2v) is 20.2. The Hall–Kier alpha value is -1.56. The Morgan fingerprint density at radius 3 is 1.57 bits per heavy atom. The number of rotatable bonds is 2. The Kier molecular flexibility index (Phi) is 9.76. The molecule has 0 radical (unpaired) electrons. The molecule has 0 aromatic carbocycles. The van der Waals surface area contributed by atoms with E-state index in [0.717, 1.165) is 25.7 Å². The normalized spacial score (nSPS) is 53.8. The Morgan fingerprint density at radius 1 is 0.537 bits per heavy atom. The topological polar surface area (TPSA) is 93.1 Å². The lowest BCUT2D eigenvalue weighted by Crippen LogP contribution is -2.69. The van der Waals surface area contributed by atoms with Gasteiger partial charge in [0, 0.05) is 55.8 Å². The van der Waals surface area contributed by atoms with Gasteiger partial charge in [0.2, 0.25) is 0 Å². The van der Waals surface area contributed by atoms with Crippen LogP contribution in [0.3, 0.4) is 0 Å². The quantitative estimate of drug-likeness (QED) is 0.215. The van der Waals surface area contributed by atoms with E-state index in [1.807, 2.05) is 6.92 Å². The zero-order chi connectivity index (χ0) is 39.7. The van der Waals surface area contributed by atoms with E-state index in [0.29, 0.717) is 44.9 Å². The molecule has 0 aromatic heterocycles. The van der Waals surface area contributed by atoms with Gasteiger partial charge < -0.3 is 19.7 Å². The van der Waals surface area contributed by atoms with Gasteiger partial charge in [0.15, 0.2) is 11.3 Å². The highest BCUT2D eigenvalue weighted by molar-refractivity contribution is 5.66. The molecule has 12 heteroatoms. The molecule has 16 atom stereocenters. The molecule has 8 aliphatic carbocycles. The van der Waals surface area contributed by atoms with Gasteiger partial charge in [-0.25, -0.2) is 26.3 Å². The first kappa shape index (κ1) is 40.6. The molecule has 308 valence electrons. The van der Waals surface area contributed by atoms with Crippen molar-refractivity contribution in [3.63, 3.8) is 0 Å². The van der Waals surface area contributed by atoms with Crippen LogP contribution in [0, 0.1) is 57.2 Å². The molecule has 54 heavy (non-hydrogen) atoms. The van der Waals surface area contributed by atoms with Crippen molar-refractivity contribution in [2.45, 2.75) is 192 Å². The summed E-state index contributed by atoms with van der Waals surface area (Å²) in [6, 6.07) is 0. The average molecular weight is 777 g/mol. The maximum absolute atomic E-state index is 16.3. The zero-order valence-corrected chi connectivity index (χ0v) is 32.9. The summed E-state index contributed by atoms with van der Waals surface area (Å²) in [7, 11) is 0. The molecule has 0 aliphatic heterocycles. The van der Waals surface area contributed by atoms with Crippen LogP contribution in [-0.4, -0.2) is 69.8 Å². The highest BCUT2D eigenvalue weighted by Gasteiger charge is 2.77. The molecular formula is C42H62F6O6. The molecule has 0 aromatic rings.